The second-order valence-corrected chi connectivity index (χ2v) is 6.76. The number of hydrogen-bond acceptors (Lipinski definition) is 3. The molecule has 144 valence electrons. The van der Waals surface area contributed by atoms with Crippen LogP contribution in [0.3, 0.4) is 0 Å². The van der Waals surface area contributed by atoms with Gasteiger partial charge in [-0.2, -0.15) is 0 Å². The van der Waals surface area contributed by atoms with Gasteiger partial charge in [0.15, 0.2) is 0 Å². The van der Waals surface area contributed by atoms with E-state index in [1.165, 1.54) is 69.8 Å². The first-order chi connectivity index (χ1) is 12.4. The van der Waals surface area contributed by atoms with E-state index in [0.29, 0.717) is 19.8 Å². The van der Waals surface area contributed by atoms with Crippen LogP contribution in [0.4, 0.5) is 0 Å². The van der Waals surface area contributed by atoms with Crippen LogP contribution >= 0.6 is 0 Å². The monoisotopic (exact) mass is 350 g/mol. The molecule has 1 aromatic rings. The molecule has 25 heavy (non-hydrogen) atoms. The fourth-order valence-corrected chi connectivity index (χ4v) is 2.99. The van der Waals surface area contributed by atoms with E-state index in [1.807, 2.05) is 6.07 Å². The normalized spacial score (nSPS) is 11.0. The van der Waals surface area contributed by atoms with Gasteiger partial charge >= 0.3 is 0 Å². The van der Waals surface area contributed by atoms with Crippen molar-refractivity contribution in [3.8, 4) is 5.75 Å². The first-order valence-electron chi connectivity index (χ1n) is 10.3. The van der Waals surface area contributed by atoms with Gasteiger partial charge in [-0.15, -0.1) is 0 Å². The minimum atomic E-state index is 0.0638. The zero-order valence-corrected chi connectivity index (χ0v) is 16.2. The maximum Gasteiger partial charge on any atom is 0.119 e. The van der Waals surface area contributed by atoms with Crippen LogP contribution in [0.5, 0.6) is 5.75 Å². The Hall–Kier alpha value is -1.06. The van der Waals surface area contributed by atoms with Gasteiger partial charge in [-0.1, -0.05) is 76.8 Å². The number of rotatable bonds is 17. The summed E-state index contributed by atoms with van der Waals surface area (Å²) >= 11 is 0. The lowest BCUT2D eigenvalue weighted by Crippen LogP contribution is -2.09. The fraction of sp³-hybridized carbons (Fsp3) is 0.727. The van der Waals surface area contributed by atoms with Gasteiger partial charge in [-0.3, -0.25) is 0 Å². The van der Waals surface area contributed by atoms with Gasteiger partial charge in [-0.05, 0) is 30.5 Å². The van der Waals surface area contributed by atoms with Crippen molar-refractivity contribution in [2.75, 3.05) is 26.4 Å². The van der Waals surface area contributed by atoms with Crippen LogP contribution in [-0.4, -0.2) is 31.5 Å². The summed E-state index contributed by atoms with van der Waals surface area (Å²) in [4.78, 5) is 0. The first kappa shape index (κ1) is 22.0. The predicted octanol–water partition coefficient (Wildman–Crippen LogP) is 5.54. The van der Waals surface area contributed by atoms with E-state index in [1.54, 1.807) is 0 Å². The maximum absolute atomic E-state index is 8.65. The Balaban J connectivity index is 2.02. The van der Waals surface area contributed by atoms with E-state index < -0.39 is 0 Å². The molecule has 0 aromatic heterocycles. The molecule has 0 fully saturated rings. The molecular weight excluding hydrogens is 312 g/mol. The summed E-state index contributed by atoms with van der Waals surface area (Å²) in [5.41, 5.74) is 1.35. The second-order valence-electron chi connectivity index (χ2n) is 6.76. The number of aliphatic hydroxyl groups is 1. The number of aryl methyl sites for hydroxylation is 1. The van der Waals surface area contributed by atoms with E-state index in [9.17, 15) is 0 Å². The van der Waals surface area contributed by atoms with Gasteiger partial charge in [0, 0.05) is 0 Å². The van der Waals surface area contributed by atoms with Crippen molar-refractivity contribution in [2.24, 2.45) is 0 Å². The Morgan fingerprint density at radius 3 is 2.16 bits per heavy atom. The van der Waals surface area contributed by atoms with E-state index in [4.69, 9.17) is 14.6 Å². The van der Waals surface area contributed by atoms with E-state index in [2.05, 4.69) is 25.1 Å². The van der Waals surface area contributed by atoms with Crippen LogP contribution < -0.4 is 4.74 Å². The summed E-state index contributed by atoms with van der Waals surface area (Å²) in [5.74, 6) is 0.914. The maximum atomic E-state index is 8.65. The van der Waals surface area contributed by atoms with Crippen LogP contribution in [-0.2, 0) is 11.2 Å². The van der Waals surface area contributed by atoms with Crippen LogP contribution in [0.2, 0.25) is 0 Å². The molecule has 1 rings (SSSR count). The molecule has 0 amide bonds. The topological polar surface area (TPSA) is 38.7 Å². The Morgan fingerprint density at radius 2 is 1.48 bits per heavy atom. The number of ether oxygens (including phenoxy) is 2. The van der Waals surface area contributed by atoms with Gasteiger partial charge in [0.2, 0.25) is 0 Å². The van der Waals surface area contributed by atoms with Crippen LogP contribution in [0.25, 0.3) is 0 Å². The van der Waals surface area contributed by atoms with Crippen molar-refractivity contribution in [2.45, 2.75) is 77.6 Å². The largest absolute Gasteiger partial charge is 0.491 e. The molecule has 0 saturated heterocycles. The van der Waals surface area contributed by atoms with Gasteiger partial charge in [0.25, 0.3) is 0 Å². The Bertz CT molecular complexity index is 406. The van der Waals surface area contributed by atoms with Gasteiger partial charge in [-0.25, -0.2) is 0 Å². The molecule has 0 bridgehead atoms. The molecule has 3 nitrogen and oxygen atoms in total. The van der Waals surface area contributed by atoms with Crippen molar-refractivity contribution >= 4 is 0 Å². The van der Waals surface area contributed by atoms with Crippen molar-refractivity contribution < 1.29 is 14.6 Å². The Labute approximate surface area is 154 Å². The summed E-state index contributed by atoms with van der Waals surface area (Å²) < 4.78 is 10.9. The summed E-state index contributed by atoms with van der Waals surface area (Å²) in [6.45, 7) is 3.76. The number of unbranched alkanes of at least 4 members (excludes halogenated alkanes) is 9. The highest BCUT2D eigenvalue weighted by molar-refractivity contribution is 5.28. The van der Waals surface area contributed by atoms with E-state index >= 15 is 0 Å². The quantitative estimate of drug-likeness (QED) is 0.375. The molecule has 0 heterocycles. The van der Waals surface area contributed by atoms with Crippen molar-refractivity contribution in [1.29, 1.82) is 0 Å². The molecule has 0 aliphatic carbocycles. The molecule has 0 aliphatic rings. The van der Waals surface area contributed by atoms with Crippen LogP contribution in [0.15, 0.2) is 24.3 Å². The van der Waals surface area contributed by atoms with Crippen molar-refractivity contribution in [3.05, 3.63) is 29.8 Å². The van der Waals surface area contributed by atoms with Crippen molar-refractivity contribution in [3.63, 3.8) is 0 Å². The molecule has 0 unspecified atom stereocenters. The molecule has 0 atom stereocenters. The number of hydrogen-bond donors (Lipinski definition) is 1. The zero-order chi connectivity index (χ0) is 18.0. The van der Waals surface area contributed by atoms with Crippen LogP contribution in [0, 0.1) is 0 Å². The van der Waals surface area contributed by atoms with Crippen LogP contribution in [0.1, 0.15) is 76.7 Å². The van der Waals surface area contributed by atoms with Gasteiger partial charge in [0.1, 0.15) is 12.4 Å². The average Bonchev–Trinajstić information content (AvgIpc) is 2.63. The standard InChI is InChI=1S/C22H38O3/c1-2-3-4-5-6-7-8-9-10-11-13-21-14-12-15-22(20-21)25-19-18-24-17-16-23/h12,14-15,20,23H,2-11,13,16-19H2,1H3. The molecule has 0 aliphatic heterocycles. The number of aliphatic hydroxyl groups excluding tert-OH is 1. The zero-order valence-electron chi connectivity index (χ0n) is 16.2. The lowest BCUT2D eigenvalue weighted by atomic mass is 10.0. The minimum Gasteiger partial charge on any atom is -0.491 e. The molecule has 1 aromatic carbocycles. The predicted molar refractivity (Wildman–Crippen MR) is 105 cm³/mol. The Morgan fingerprint density at radius 1 is 0.800 bits per heavy atom. The van der Waals surface area contributed by atoms with Gasteiger partial charge < -0.3 is 14.6 Å². The third-order valence-electron chi connectivity index (χ3n) is 4.45. The number of benzene rings is 1. The minimum absolute atomic E-state index is 0.0638. The van der Waals surface area contributed by atoms with Gasteiger partial charge in [0.05, 0.1) is 19.8 Å². The lowest BCUT2D eigenvalue weighted by Gasteiger charge is -2.08. The molecular formula is C22H38O3. The average molecular weight is 351 g/mol. The summed E-state index contributed by atoms with van der Waals surface area (Å²) in [7, 11) is 0. The second kappa shape index (κ2) is 16.4. The van der Waals surface area contributed by atoms with Crippen molar-refractivity contribution in [1.82, 2.24) is 0 Å². The molecule has 3 heteroatoms. The van der Waals surface area contributed by atoms with E-state index in [0.717, 1.165) is 12.2 Å². The fourth-order valence-electron chi connectivity index (χ4n) is 2.99. The lowest BCUT2D eigenvalue weighted by molar-refractivity contribution is 0.0705. The highest BCUT2D eigenvalue weighted by Gasteiger charge is 1.99. The highest BCUT2D eigenvalue weighted by Crippen LogP contribution is 2.16. The molecule has 0 saturated carbocycles. The molecule has 0 radical (unpaired) electrons. The summed E-state index contributed by atoms with van der Waals surface area (Å²) in [6.07, 6.45) is 14.9. The van der Waals surface area contributed by atoms with E-state index in [-0.39, 0.29) is 6.61 Å². The summed E-state index contributed by atoms with van der Waals surface area (Å²) in [5, 5.41) is 8.65. The SMILES string of the molecule is CCCCCCCCCCCCc1cccc(OCCOCCO)c1. The smallest absolute Gasteiger partial charge is 0.119 e. The first-order valence-corrected chi connectivity index (χ1v) is 10.3. The third-order valence-corrected chi connectivity index (χ3v) is 4.45. The highest BCUT2D eigenvalue weighted by atomic mass is 16.5. The summed E-state index contributed by atoms with van der Waals surface area (Å²) in [6, 6.07) is 8.38. The molecule has 0 spiro atoms. The third kappa shape index (κ3) is 12.9. The molecule has 1 N–H and O–H groups in total. The Kier molecular flexibility index (Phi) is 14.4.